The van der Waals surface area contributed by atoms with E-state index in [0.717, 1.165) is 31.2 Å². The SMILES string of the molecule is CC/C=C1\OCCN1C(=O)CCCCCOCc1ccc(F)c(C)c1. The van der Waals surface area contributed by atoms with Crippen molar-refractivity contribution in [3.8, 4) is 0 Å². The molecule has 25 heavy (non-hydrogen) atoms. The summed E-state index contributed by atoms with van der Waals surface area (Å²) in [5.74, 6) is 0.666. The minimum Gasteiger partial charge on any atom is -0.477 e. The predicted octanol–water partition coefficient (Wildman–Crippen LogP) is 4.32. The van der Waals surface area contributed by atoms with Crippen molar-refractivity contribution in [1.29, 1.82) is 0 Å². The second kappa shape index (κ2) is 10.2. The number of allylic oxidation sites excluding steroid dienone is 1. The highest BCUT2D eigenvalue weighted by atomic mass is 19.1. The van der Waals surface area contributed by atoms with Crippen molar-refractivity contribution in [2.24, 2.45) is 0 Å². The summed E-state index contributed by atoms with van der Waals surface area (Å²) < 4.78 is 24.3. The van der Waals surface area contributed by atoms with Gasteiger partial charge in [-0.3, -0.25) is 9.69 Å². The minimum atomic E-state index is -0.186. The Morgan fingerprint density at radius 3 is 2.96 bits per heavy atom. The van der Waals surface area contributed by atoms with Gasteiger partial charge in [0.1, 0.15) is 12.4 Å². The standard InChI is InChI=1S/C20H28FNO3/c1-3-7-20-22(11-13-25-20)19(23)8-5-4-6-12-24-15-17-9-10-18(21)16(2)14-17/h7,9-10,14H,3-6,8,11-13,15H2,1-2H3/b20-7-. The van der Waals surface area contributed by atoms with Gasteiger partial charge < -0.3 is 9.47 Å². The van der Waals surface area contributed by atoms with E-state index in [1.165, 1.54) is 6.07 Å². The number of benzene rings is 1. The summed E-state index contributed by atoms with van der Waals surface area (Å²) in [6.45, 7) is 6.18. The molecule has 0 unspecified atom stereocenters. The highest BCUT2D eigenvalue weighted by Gasteiger charge is 2.23. The van der Waals surface area contributed by atoms with E-state index in [2.05, 4.69) is 0 Å². The van der Waals surface area contributed by atoms with Crippen molar-refractivity contribution >= 4 is 5.91 Å². The number of ether oxygens (including phenoxy) is 2. The maximum atomic E-state index is 13.2. The lowest BCUT2D eigenvalue weighted by Crippen LogP contribution is -2.26. The fourth-order valence-corrected chi connectivity index (χ4v) is 2.80. The van der Waals surface area contributed by atoms with E-state index in [9.17, 15) is 9.18 Å². The number of unbranched alkanes of at least 4 members (excludes halogenated alkanes) is 2. The zero-order valence-electron chi connectivity index (χ0n) is 15.2. The van der Waals surface area contributed by atoms with Crippen LogP contribution in [0.5, 0.6) is 0 Å². The summed E-state index contributed by atoms with van der Waals surface area (Å²) in [6.07, 6.45) is 6.09. The number of hydrogen-bond donors (Lipinski definition) is 0. The molecule has 1 fully saturated rings. The molecule has 4 nitrogen and oxygen atoms in total. The minimum absolute atomic E-state index is 0.139. The Balaban J connectivity index is 1.56. The van der Waals surface area contributed by atoms with Crippen LogP contribution in [-0.2, 0) is 20.9 Å². The number of halogens is 1. The summed E-state index contributed by atoms with van der Waals surface area (Å²) in [4.78, 5) is 14.0. The molecule has 0 radical (unpaired) electrons. The van der Waals surface area contributed by atoms with Crippen LogP contribution in [0.3, 0.4) is 0 Å². The summed E-state index contributed by atoms with van der Waals surface area (Å²) in [7, 11) is 0. The molecular weight excluding hydrogens is 321 g/mol. The van der Waals surface area contributed by atoms with Gasteiger partial charge in [0.2, 0.25) is 5.91 Å². The van der Waals surface area contributed by atoms with Crippen LogP contribution < -0.4 is 0 Å². The molecule has 0 N–H and O–H groups in total. The largest absolute Gasteiger partial charge is 0.477 e. The Bertz CT molecular complexity index is 601. The molecule has 0 spiro atoms. The van der Waals surface area contributed by atoms with Gasteiger partial charge in [0.05, 0.1) is 13.2 Å². The van der Waals surface area contributed by atoms with Crippen molar-refractivity contribution < 1.29 is 18.7 Å². The second-order valence-corrected chi connectivity index (χ2v) is 6.29. The van der Waals surface area contributed by atoms with Crippen molar-refractivity contribution in [2.45, 2.75) is 52.6 Å². The fraction of sp³-hybridized carbons (Fsp3) is 0.550. The molecule has 1 saturated heterocycles. The molecule has 1 aliphatic heterocycles. The topological polar surface area (TPSA) is 38.8 Å². The van der Waals surface area contributed by atoms with Crippen molar-refractivity contribution in [1.82, 2.24) is 4.90 Å². The molecule has 0 atom stereocenters. The summed E-state index contributed by atoms with van der Waals surface area (Å²) >= 11 is 0. The summed E-state index contributed by atoms with van der Waals surface area (Å²) in [5.41, 5.74) is 1.63. The van der Waals surface area contributed by atoms with Crippen LogP contribution in [0.15, 0.2) is 30.2 Å². The first-order valence-corrected chi connectivity index (χ1v) is 9.08. The summed E-state index contributed by atoms with van der Waals surface area (Å²) in [6, 6.07) is 5.04. The molecule has 0 saturated carbocycles. The van der Waals surface area contributed by atoms with E-state index in [1.807, 2.05) is 19.1 Å². The Hall–Kier alpha value is -1.88. The van der Waals surface area contributed by atoms with Gasteiger partial charge in [-0.15, -0.1) is 0 Å². The average molecular weight is 349 g/mol. The molecule has 0 aromatic heterocycles. The molecule has 1 amide bonds. The lowest BCUT2D eigenvalue weighted by atomic mass is 10.1. The molecule has 0 bridgehead atoms. The quantitative estimate of drug-likeness (QED) is 0.623. The van der Waals surface area contributed by atoms with Gasteiger partial charge in [0.15, 0.2) is 5.88 Å². The van der Waals surface area contributed by atoms with Gasteiger partial charge >= 0.3 is 0 Å². The van der Waals surface area contributed by atoms with Gasteiger partial charge in [0, 0.05) is 13.0 Å². The van der Waals surface area contributed by atoms with E-state index in [1.54, 1.807) is 17.9 Å². The Labute approximate surface area is 149 Å². The van der Waals surface area contributed by atoms with Crippen LogP contribution in [0.2, 0.25) is 0 Å². The van der Waals surface area contributed by atoms with Crippen molar-refractivity contribution in [3.63, 3.8) is 0 Å². The monoisotopic (exact) mass is 349 g/mol. The molecule has 5 heteroatoms. The van der Waals surface area contributed by atoms with Crippen LogP contribution >= 0.6 is 0 Å². The smallest absolute Gasteiger partial charge is 0.229 e. The Kier molecular flexibility index (Phi) is 7.92. The maximum absolute atomic E-state index is 13.2. The third-order valence-electron chi connectivity index (χ3n) is 4.18. The molecule has 138 valence electrons. The first kappa shape index (κ1) is 19.4. The Morgan fingerprint density at radius 2 is 2.20 bits per heavy atom. The number of rotatable bonds is 9. The molecule has 0 aliphatic carbocycles. The molecule has 2 rings (SSSR count). The fourth-order valence-electron chi connectivity index (χ4n) is 2.80. The Morgan fingerprint density at radius 1 is 1.36 bits per heavy atom. The normalized spacial score (nSPS) is 15.6. The molecule has 1 aromatic carbocycles. The van der Waals surface area contributed by atoms with Gasteiger partial charge in [-0.1, -0.05) is 25.5 Å². The van der Waals surface area contributed by atoms with Crippen molar-refractivity contribution in [3.05, 3.63) is 47.1 Å². The zero-order valence-corrected chi connectivity index (χ0v) is 15.2. The van der Waals surface area contributed by atoms with E-state index in [-0.39, 0.29) is 11.7 Å². The van der Waals surface area contributed by atoms with E-state index >= 15 is 0 Å². The molecular formula is C20H28FNO3. The number of aryl methyl sites for hydroxylation is 1. The second-order valence-electron chi connectivity index (χ2n) is 6.29. The number of amides is 1. The first-order valence-electron chi connectivity index (χ1n) is 9.08. The first-order chi connectivity index (χ1) is 12.1. The van der Waals surface area contributed by atoms with Crippen LogP contribution in [0, 0.1) is 12.7 Å². The lowest BCUT2D eigenvalue weighted by molar-refractivity contribution is -0.129. The van der Waals surface area contributed by atoms with Crippen LogP contribution in [0.1, 0.15) is 50.2 Å². The predicted molar refractivity (Wildman–Crippen MR) is 95.3 cm³/mol. The lowest BCUT2D eigenvalue weighted by Gasteiger charge is -2.15. The maximum Gasteiger partial charge on any atom is 0.229 e. The number of carbonyl (C=O) groups excluding carboxylic acids is 1. The molecule has 1 aliphatic rings. The van der Waals surface area contributed by atoms with Gasteiger partial charge in [0.25, 0.3) is 0 Å². The van der Waals surface area contributed by atoms with E-state index in [0.29, 0.717) is 44.2 Å². The van der Waals surface area contributed by atoms with Crippen LogP contribution in [0.4, 0.5) is 4.39 Å². The van der Waals surface area contributed by atoms with Crippen LogP contribution in [0.25, 0.3) is 0 Å². The third-order valence-corrected chi connectivity index (χ3v) is 4.18. The van der Waals surface area contributed by atoms with Crippen LogP contribution in [-0.4, -0.2) is 30.6 Å². The number of hydrogen-bond acceptors (Lipinski definition) is 3. The molecule has 1 heterocycles. The highest BCUT2D eigenvalue weighted by Crippen LogP contribution is 2.17. The third kappa shape index (κ3) is 6.16. The van der Waals surface area contributed by atoms with Gasteiger partial charge in [-0.25, -0.2) is 4.39 Å². The zero-order chi connectivity index (χ0) is 18.1. The van der Waals surface area contributed by atoms with E-state index < -0.39 is 0 Å². The van der Waals surface area contributed by atoms with E-state index in [4.69, 9.17) is 9.47 Å². The number of nitrogens with zero attached hydrogens (tertiary/aromatic N) is 1. The number of carbonyl (C=O) groups is 1. The molecule has 1 aromatic rings. The highest BCUT2D eigenvalue weighted by molar-refractivity contribution is 5.78. The average Bonchev–Trinajstić information content (AvgIpc) is 3.05. The van der Waals surface area contributed by atoms with Gasteiger partial charge in [-0.05, 0) is 49.5 Å². The van der Waals surface area contributed by atoms with Gasteiger partial charge in [-0.2, -0.15) is 0 Å². The summed E-state index contributed by atoms with van der Waals surface area (Å²) in [5, 5.41) is 0. The van der Waals surface area contributed by atoms with Crippen molar-refractivity contribution in [2.75, 3.05) is 19.8 Å².